The minimum Gasteiger partial charge on any atom is -0.0914 e. The second-order valence-electron chi connectivity index (χ2n) is 5.33. The maximum absolute atomic E-state index is 2.41. The van der Waals surface area contributed by atoms with Gasteiger partial charge in [0, 0.05) is 0 Å². The molecule has 1 aromatic carbocycles. The van der Waals surface area contributed by atoms with Gasteiger partial charge in [-0.3, -0.25) is 0 Å². The third-order valence-electron chi connectivity index (χ3n) is 3.79. The molecule has 0 bridgehead atoms. The molecule has 18 heavy (non-hydrogen) atoms. The highest BCUT2D eigenvalue weighted by molar-refractivity contribution is 5.14. The average molecular weight is 244 g/mol. The van der Waals surface area contributed by atoms with Crippen molar-refractivity contribution in [1.29, 1.82) is 0 Å². The molecular weight excluding hydrogens is 216 g/mol. The van der Waals surface area contributed by atoms with Gasteiger partial charge in [-0.15, -0.1) is 0 Å². The molecule has 0 aliphatic heterocycles. The highest BCUT2D eigenvalue weighted by Gasteiger charge is 2.13. The quantitative estimate of drug-likeness (QED) is 0.519. The van der Waals surface area contributed by atoms with Gasteiger partial charge in [-0.1, -0.05) is 69.2 Å². The average Bonchev–Trinajstić information content (AvgIpc) is 2.42. The summed E-state index contributed by atoms with van der Waals surface area (Å²) in [5.41, 5.74) is 1.47. The van der Waals surface area contributed by atoms with Gasteiger partial charge >= 0.3 is 0 Å². The van der Waals surface area contributed by atoms with Gasteiger partial charge in [0.2, 0.25) is 0 Å². The zero-order valence-electron chi connectivity index (χ0n) is 12.2. The van der Waals surface area contributed by atoms with E-state index in [4.69, 9.17) is 0 Å². The summed E-state index contributed by atoms with van der Waals surface area (Å²) in [5.74, 6) is 1.55. The number of hydrogen-bond acceptors (Lipinski definition) is 0. The van der Waals surface area contributed by atoms with Crippen LogP contribution in [0.3, 0.4) is 0 Å². The highest BCUT2D eigenvalue weighted by Crippen LogP contribution is 2.24. The molecule has 100 valence electrons. The van der Waals surface area contributed by atoms with Crippen molar-refractivity contribution < 1.29 is 0 Å². The number of hydrogen-bond donors (Lipinski definition) is 0. The summed E-state index contributed by atoms with van der Waals surface area (Å²) in [7, 11) is 0. The maximum Gasteiger partial charge on any atom is -0.0208 e. The molecule has 0 heteroatoms. The largest absolute Gasteiger partial charge is 0.0914 e. The molecule has 0 unspecified atom stereocenters. The smallest absolute Gasteiger partial charge is 0.0208 e. The fraction of sp³-hybridized carbons (Fsp3) is 0.556. The molecular formula is C18H28. The van der Waals surface area contributed by atoms with E-state index < -0.39 is 0 Å². The van der Waals surface area contributed by atoms with Crippen molar-refractivity contribution in [3.63, 3.8) is 0 Å². The van der Waals surface area contributed by atoms with Crippen molar-refractivity contribution in [1.82, 2.24) is 0 Å². The fourth-order valence-corrected chi connectivity index (χ4v) is 2.51. The van der Waals surface area contributed by atoms with Gasteiger partial charge in [0.15, 0.2) is 0 Å². The lowest BCUT2D eigenvalue weighted by molar-refractivity contribution is 0.371. The van der Waals surface area contributed by atoms with Crippen LogP contribution in [0.2, 0.25) is 0 Å². The van der Waals surface area contributed by atoms with Crippen molar-refractivity contribution in [2.45, 2.75) is 52.9 Å². The molecule has 0 spiro atoms. The Bertz CT molecular complexity index is 323. The molecule has 0 aliphatic carbocycles. The van der Waals surface area contributed by atoms with E-state index in [9.17, 15) is 0 Å². The molecule has 0 saturated carbocycles. The minimum absolute atomic E-state index is 0.763. The summed E-state index contributed by atoms with van der Waals surface area (Å²) < 4.78 is 0. The van der Waals surface area contributed by atoms with Crippen LogP contribution >= 0.6 is 0 Å². The molecule has 0 heterocycles. The van der Waals surface area contributed by atoms with Gasteiger partial charge in [0.05, 0.1) is 0 Å². The minimum atomic E-state index is 0.763. The van der Waals surface area contributed by atoms with Gasteiger partial charge in [-0.2, -0.15) is 0 Å². The van der Waals surface area contributed by atoms with Crippen molar-refractivity contribution in [2.75, 3.05) is 0 Å². The molecule has 2 atom stereocenters. The van der Waals surface area contributed by atoms with Crippen molar-refractivity contribution in [3.05, 3.63) is 48.0 Å². The molecule has 0 N–H and O–H groups in total. The monoisotopic (exact) mass is 244 g/mol. The Morgan fingerprint density at radius 1 is 1.11 bits per heavy atom. The number of unbranched alkanes of at least 4 members (excludes halogenated alkanes) is 1. The van der Waals surface area contributed by atoms with Gasteiger partial charge in [0.25, 0.3) is 0 Å². The SMILES string of the molecule is C/C=C/[C@@H](CCCC)[C@@H](C)CCc1ccccc1. The first-order valence-corrected chi connectivity index (χ1v) is 7.44. The topological polar surface area (TPSA) is 0 Å². The van der Waals surface area contributed by atoms with E-state index in [-0.39, 0.29) is 0 Å². The number of benzene rings is 1. The molecule has 0 saturated heterocycles. The standard InChI is InChI=1S/C18H28/c1-4-6-13-18(10-5-2)16(3)14-15-17-11-8-7-9-12-17/h5,7-12,16,18H,4,6,13-15H2,1-3H3/b10-5+/t16-,18-/m0/s1. The van der Waals surface area contributed by atoms with Crippen LogP contribution in [0.25, 0.3) is 0 Å². The molecule has 0 aliphatic rings. The lowest BCUT2D eigenvalue weighted by Gasteiger charge is -2.21. The van der Waals surface area contributed by atoms with E-state index in [1.54, 1.807) is 0 Å². The zero-order chi connectivity index (χ0) is 13.2. The molecule has 0 nitrogen and oxygen atoms in total. The van der Waals surface area contributed by atoms with E-state index in [1.807, 2.05) is 0 Å². The van der Waals surface area contributed by atoms with Crippen LogP contribution in [0.1, 0.15) is 52.0 Å². The Morgan fingerprint density at radius 3 is 2.44 bits per heavy atom. The molecule has 0 aromatic heterocycles. The third kappa shape index (κ3) is 5.53. The lowest BCUT2D eigenvalue weighted by Crippen LogP contribution is -2.10. The van der Waals surface area contributed by atoms with Gasteiger partial charge in [-0.05, 0) is 43.6 Å². The first kappa shape index (κ1) is 15.0. The summed E-state index contributed by atoms with van der Waals surface area (Å²) in [5, 5.41) is 0. The number of aryl methyl sites for hydroxylation is 1. The van der Waals surface area contributed by atoms with Crippen LogP contribution in [-0.2, 0) is 6.42 Å². The van der Waals surface area contributed by atoms with Crippen molar-refractivity contribution in [3.8, 4) is 0 Å². The Morgan fingerprint density at radius 2 is 1.83 bits per heavy atom. The van der Waals surface area contributed by atoms with E-state index in [0.717, 1.165) is 11.8 Å². The normalized spacial score (nSPS) is 14.8. The summed E-state index contributed by atoms with van der Waals surface area (Å²) in [4.78, 5) is 0. The van der Waals surface area contributed by atoms with Crippen LogP contribution in [0.15, 0.2) is 42.5 Å². The second-order valence-corrected chi connectivity index (χ2v) is 5.33. The molecule has 0 fully saturated rings. The van der Waals surface area contributed by atoms with Crippen LogP contribution in [0, 0.1) is 11.8 Å². The third-order valence-corrected chi connectivity index (χ3v) is 3.79. The summed E-state index contributed by atoms with van der Waals surface area (Å²) >= 11 is 0. The zero-order valence-corrected chi connectivity index (χ0v) is 12.2. The summed E-state index contributed by atoms with van der Waals surface area (Å²) in [6, 6.07) is 10.9. The van der Waals surface area contributed by atoms with Gasteiger partial charge in [0.1, 0.15) is 0 Å². The van der Waals surface area contributed by atoms with Crippen LogP contribution in [0.4, 0.5) is 0 Å². The van der Waals surface area contributed by atoms with E-state index in [1.165, 1.54) is 37.7 Å². The Balaban J connectivity index is 2.43. The Hall–Kier alpha value is -1.04. The molecule has 1 aromatic rings. The number of allylic oxidation sites excluding steroid dienone is 2. The van der Waals surface area contributed by atoms with Crippen LogP contribution in [-0.4, -0.2) is 0 Å². The molecule has 0 amide bonds. The Labute approximate surface area is 113 Å². The second kappa shape index (κ2) is 8.97. The van der Waals surface area contributed by atoms with Gasteiger partial charge in [-0.25, -0.2) is 0 Å². The number of rotatable bonds is 8. The van der Waals surface area contributed by atoms with Crippen molar-refractivity contribution in [2.24, 2.45) is 11.8 Å². The van der Waals surface area contributed by atoms with E-state index >= 15 is 0 Å². The maximum atomic E-state index is 2.41. The first-order valence-electron chi connectivity index (χ1n) is 7.44. The predicted octanol–water partition coefficient (Wildman–Crippen LogP) is 5.64. The van der Waals surface area contributed by atoms with Crippen LogP contribution in [0.5, 0.6) is 0 Å². The lowest BCUT2D eigenvalue weighted by atomic mass is 9.85. The summed E-state index contributed by atoms with van der Waals surface area (Å²) in [6.45, 7) is 6.83. The molecule has 0 radical (unpaired) electrons. The molecule has 1 rings (SSSR count). The van der Waals surface area contributed by atoms with Gasteiger partial charge < -0.3 is 0 Å². The first-order chi connectivity index (χ1) is 8.77. The summed E-state index contributed by atoms with van der Waals surface area (Å²) in [6.07, 6.45) is 11.1. The fourth-order valence-electron chi connectivity index (χ4n) is 2.51. The van der Waals surface area contributed by atoms with E-state index in [0.29, 0.717) is 0 Å². The predicted molar refractivity (Wildman–Crippen MR) is 81.8 cm³/mol. The van der Waals surface area contributed by atoms with Crippen LogP contribution < -0.4 is 0 Å². The Kier molecular flexibility index (Phi) is 7.48. The van der Waals surface area contributed by atoms with Crippen molar-refractivity contribution >= 4 is 0 Å². The highest BCUT2D eigenvalue weighted by atomic mass is 14.2. The van der Waals surface area contributed by atoms with E-state index in [2.05, 4.69) is 63.3 Å².